The molecule has 2 aromatic carbocycles. The summed E-state index contributed by atoms with van der Waals surface area (Å²) >= 11 is 3.43. The molecule has 0 unspecified atom stereocenters. The van der Waals surface area contributed by atoms with Crippen LogP contribution in [0.4, 0.5) is 0 Å². The van der Waals surface area contributed by atoms with Gasteiger partial charge in [-0.3, -0.25) is 0 Å². The molecule has 0 aromatic heterocycles. The van der Waals surface area contributed by atoms with Gasteiger partial charge in [-0.15, -0.1) is 0 Å². The van der Waals surface area contributed by atoms with Gasteiger partial charge in [-0.05, 0) is 54.3 Å². The molecule has 21 heavy (non-hydrogen) atoms. The van der Waals surface area contributed by atoms with E-state index < -0.39 is 0 Å². The second-order valence-corrected chi connectivity index (χ2v) is 5.91. The van der Waals surface area contributed by atoms with Crippen LogP contribution in [0.1, 0.15) is 32.6 Å². The molecule has 0 N–H and O–H groups in total. The lowest BCUT2D eigenvalue weighted by Gasteiger charge is -2.09. The molecule has 0 aliphatic carbocycles. The Hall–Kier alpha value is -1.22. The molecular weight excluding hydrogens is 328 g/mol. The van der Waals surface area contributed by atoms with E-state index in [1.165, 1.54) is 10.8 Å². The lowest BCUT2D eigenvalue weighted by molar-refractivity contribution is 0.309. The van der Waals surface area contributed by atoms with Gasteiger partial charge in [-0.1, -0.05) is 41.4 Å². The van der Waals surface area contributed by atoms with Gasteiger partial charge in [0.1, 0.15) is 11.5 Å². The molecule has 0 fully saturated rings. The second kappa shape index (κ2) is 8.93. The molecule has 0 spiro atoms. The summed E-state index contributed by atoms with van der Waals surface area (Å²) in [7, 11) is 0. The lowest BCUT2D eigenvalue weighted by atomic mass is 10.1. The number of hydrogen-bond acceptors (Lipinski definition) is 2. The van der Waals surface area contributed by atoms with Gasteiger partial charge in [0.15, 0.2) is 0 Å². The van der Waals surface area contributed by atoms with Crippen LogP contribution in [0.5, 0.6) is 11.5 Å². The first-order valence-corrected chi connectivity index (χ1v) is 8.81. The Morgan fingerprint density at radius 3 is 1.90 bits per heavy atom. The van der Waals surface area contributed by atoms with Crippen molar-refractivity contribution in [1.29, 1.82) is 0 Å². The molecule has 0 heterocycles. The SMILES string of the molecule is CCCCOc1ccc2cc(OCCCCBr)ccc2c1. The highest BCUT2D eigenvalue weighted by Gasteiger charge is 2.00. The van der Waals surface area contributed by atoms with Crippen molar-refractivity contribution >= 4 is 26.7 Å². The number of hydrogen-bond donors (Lipinski definition) is 0. The summed E-state index contributed by atoms with van der Waals surface area (Å²) in [4.78, 5) is 0. The Bertz CT molecular complexity index is 554. The van der Waals surface area contributed by atoms with Gasteiger partial charge in [-0.2, -0.15) is 0 Å². The van der Waals surface area contributed by atoms with Gasteiger partial charge < -0.3 is 9.47 Å². The fraction of sp³-hybridized carbons (Fsp3) is 0.444. The second-order valence-electron chi connectivity index (χ2n) is 5.12. The molecule has 0 atom stereocenters. The molecule has 2 nitrogen and oxygen atoms in total. The van der Waals surface area contributed by atoms with Crippen molar-refractivity contribution in [2.24, 2.45) is 0 Å². The van der Waals surface area contributed by atoms with E-state index in [-0.39, 0.29) is 0 Å². The minimum Gasteiger partial charge on any atom is -0.494 e. The quantitative estimate of drug-likeness (QED) is 0.434. The van der Waals surface area contributed by atoms with E-state index in [0.717, 1.165) is 55.7 Å². The zero-order valence-electron chi connectivity index (χ0n) is 12.6. The monoisotopic (exact) mass is 350 g/mol. The van der Waals surface area contributed by atoms with Crippen LogP contribution in [0.25, 0.3) is 10.8 Å². The summed E-state index contributed by atoms with van der Waals surface area (Å²) in [6.45, 7) is 3.73. The number of rotatable bonds is 9. The summed E-state index contributed by atoms with van der Waals surface area (Å²) in [6.07, 6.45) is 4.47. The van der Waals surface area contributed by atoms with E-state index >= 15 is 0 Å². The molecule has 0 aliphatic heterocycles. The van der Waals surface area contributed by atoms with Gasteiger partial charge in [0.05, 0.1) is 13.2 Å². The van der Waals surface area contributed by atoms with Crippen LogP contribution in [0.15, 0.2) is 36.4 Å². The zero-order chi connectivity index (χ0) is 14.9. The van der Waals surface area contributed by atoms with Crippen molar-refractivity contribution in [2.45, 2.75) is 32.6 Å². The first kappa shape index (κ1) is 16.2. The number of ether oxygens (including phenoxy) is 2. The Kier molecular flexibility index (Phi) is 6.87. The molecule has 3 heteroatoms. The summed E-state index contributed by atoms with van der Waals surface area (Å²) in [5, 5.41) is 3.42. The number of unbranched alkanes of at least 4 members (excludes halogenated alkanes) is 2. The molecule has 0 aliphatic rings. The Balaban J connectivity index is 1.98. The van der Waals surface area contributed by atoms with Crippen LogP contribution < -0.4 is 9.47 Å². The van der Waals surface area contributed by atoms with Gasteiger partial charge in [0.2, 0.25) is 0 Å². The molecule has 0 radical (unpaired) electrons. The fourth-order valence-electron chi connectivity index (χ4n) is 2.10. The van der Waals surface area contributed by atoms with Crippen molar-refractivity contribution in [2.75, 3.05) is 18.5 Å². The first-order valence-electron chi connectivity index (χ1n) is 7.69. The lowest BCUT2D eigenvalue weighted by Crippen LogP contribution is -1.98. The minimum absolute atomic E-state index is 0.773. The molecular formula is C18H23BrO2. The molecule has 0 saturated heterocycles. The van der Waals surface area contributed by atoms with Crippen LogP contribution in [-0.4, -0.2) is 18.5 Å². The Morgan fingerprint density at radius 1 is 0.810 bits per heavy atom. The van der Waals surface area contributed by atoms with Gasteiger partial charge in [0, 0.05) is 5.33 Å². The molecule has 2 rings (SSSR count). The third-order valence-corrected chi connectivity index (χ3v) is 3.91. The summed E-state index contributed by atoms with van der Waals surface area (Å²) in [6, 6.07) is 12.5. The van der Waals surface area contributed by atoms with Crippen molar-refractivity contribution in [3.8, 4) is 11.5 Å². The average molecular weight is 351 g/mol. The van der Waals surface area contributed by atoms with E-state index in [1.54, 1.807) is 0 Å². The van der Waals surface area contributed by atoms with Crippen LogP contribution in [0.2, 0.25) is 0 Å². The fourth-order valence-corrected chi connectivity index (χ4v) is 2.50. The summed E-state index contributed by atoms with van der Waals surface area (Å²) in [5.41, 5.74) is 0. The molecule has 114 valence electrons. The van der Waals surface area contributed by atoms with Crippen LogP contribution >= 0.6 is 15.9 Å². The highest BCUT2D eigenvalue weighted by Crippen LogP contribution is 2.25. The topological polar surface area (TPSA) is 18.5 Å². The summed E-state index contributed by atoms with van der Waals surface area (Å²) in [5.74, 6) is 1.89. The Morgan fingerprint density at radius 2 is 1.38 bits per heavy atom. The largest absolute Gasteiger partial charge is 0.494 e. The predicted molar refractivity (Wildman–Crippen MR) is 92.9 cm³/mol. The van der Waals surface area contributed by atoms with E-state index in [4.69, 9.17) is 9.47 Å². The third kappa shape index (κ3) is 5.24. The van der Waals surface area contributed by atoms with Gasteiger partial charge >= 0.3 is 0 Å². The first-order chi connectivity index (χ1) is 10.3. The average Bonchev–Trinajstić information content (AvgIpc) is 2.52. The summed E-state index contributed by atoms with van der Waals surface area (Å²) < 4.78 is 11.5. The van der Waals surface area contributed by atoms with E-state index in [2.05, 4.69) is 47.1 Å². The van der Waals surface area contributed by atoms with E-state index in [0.29, 0.717) is 0 Å². The van der Waals surface area contributed by atoms with Crippen molar-refractivity contribution < 1.29 is 9.47 Å². The highest BCUT2D eigenvalue weighted by molar-refractivity contribution is 9.09. The maximum Gasteiger partial charge on any atom is 0.119 e. The normalized spacial score (nSPS) is 10.8. The number of halogens is 1. The highest BCUT2D eigenvalue weighted by atomic mass is 79.9. The predicted octanol–water partition coefficient (Wildman–Crippen LogP) is 5.57. The molecule has 0 amide bonds. The number of benzene rings is 2. The maximum absolute atomic E-state index is 5.77. The van der Waals surface area contributed by atoms with Gasteiger partial charge in [-0.25, -0.2) is 0 Å². The van der Waals surface area contributed by atoms with Gasteiger partial charge in [0.25, 0.3) is 0 Å². The molecule has 0 saturated carbocycles. The smallest absolute Gasteiger partial charge is 0.119 e. The Labute approximate surface area is 135 Å². The van der Waals surface area contributed by atoms with Crippen LogP contribution in [0.3, 0.4) is 0 Å². The van der Waals surface area contributed by atoms with E-state index in [1.807, 2.05) is 12.1 Å². The number of fused-ring (bicyclic) bond motifs is 1. The molecule has 0 bridgehead atoms. The standard InChI is InChI=1S/C18H23BrO2/c1-2-3-11-20-17-8-6-16-14-18(9-7-15(16)13-17)21-12-5-4-10-19/h6-9,13-14H,2-5,10-12H2,1H3. The van der Waals surface area contributed by atoms with E-state index in [9.17, 15) is 0 Å². The van der Waals surface area contributed by atoms with Crippen LogP contribution in [-0.2, 0) is 0 Å². The van der Waals surface area contributed by atoms with Crippen molar-refractivity contribution in [3.63, 3.8) is 0 Å². The third-order valence-electron chi connectivity index (χ3n) is 3.35. The number of alkyl halides is 1. The zero-order valence-corrected chi connectivity index (χ0v) is 14.2. The van der Waals surface area contributed by atoms with Crippen molar-refractivity contribution in [3.05, 3.63) is 36.4 Å². The maximum atomic E-state index is 5.77. The van der Waals surface area contributed by atoms with Crippen molar-refractivity contribution in [1.82, 2.24) is 0 Å². The molecule has 2 aromatic rings. The van der Waals surface area contributed by atoms with Crippen LogP contribution in [0, 0.1) is 0 Å². The minimum atomic E-state index is 0.773.